The second kappa shape index (κ2) is 6.15. The first-order valence-electron chi connectivity index (χ1n) is 6.73. The lowest BCUT2D eigenvalue weighted by Gasteiger charge is -2.31. The molecule has 4 N–H and O–H groups in total. The van der Waals surface area contributed by atoms with Gasteiger partial charge in [-0.3, -0.25) is 5.10 Å². The third-order valence-corrected chi connectivity index (χ3v) is 3.45. The predicted octanol–water partition coefficient (Wildman–Crippen LogP) is 0.293. The van der Waals surface area contributed by atoms with Gasteiger partial charge in [0.2, 0.25) is 5.95 Å². The molecule has 0 radical (unpaired) electrons. The molecule has 1 aromatic heterocycles. The molecular weight excluding hydrogens is 230 g/mol. The van der Waals surface area contributed by atoms with E-state index in [0.717, 1.165) is 44.2 Å². The van der Waals surface area contributed by atoms with Crippen LogP contribution in [0.25, 0.3) is 0 Å². The predicted molar refractivity (Wildman–Crippen MR) is 70.4 cm³/mol. The molecule has 1 aliphatic heterocycles. The van der Waals surface area contributed by atoms with Crippen LogP contribution in [0.3, 0.4) is 0 Å². The van der Waals surface area contributed by atoms with E-state index in [1.165, 1.54) is 6.42 Å². The third kappa shape index (κ3) is 3.43. The summed E-state index contributed by atoms with van der Waals surface area (Å²) in [5.41, 5.74) is 5.73. The van der Waals surface area contributed by atoms with Crippen molar-refractivity contribution in [1.82, 2.24) is 15.2 Å². The number of aromatic amines is 1. The van der Waals surface area contributed by atoms with Crippen molar-refractivity contribution in [2.45, 2.75) is 38.7 Å². The molecule has 0 aliphatic carbocycles. The smallest absolute Gasteiger partial charge is 0.244 e. The number of aryl methyl sites for hydroxylation is 1. The van der Waals surface area contributed by atoms with Crippen molar-refractivity contribution in [3.63, 3.8) is 0 Å². The highest BCUT2D eigenvalue weighted by Gasteiger charge is 2.21. The standard InChI is InChI=1S/C12H23N5O/c1-9(18)4-5-11-14-12(16-15-11)17-6-2-3-10(7-13)8-17/h9-10,18H,2-8,13H2,1H3,(H,14,15,16). The maximum atomic E-state index is 9.25. The zero-order valence-electron chi connectivity index (χ0n) is 11.0. The van der Waals surface area contributed by atoms with Crippen LogP contribution in [0.4, 0.5) is 5.95 Å². The van der Waals surface area contributed by atoms with Gasteiger partial charge in [-0.05, 0) is 38.6 Å². The van der Waals surface area contributed by atoms with Crippen molar-refractivity contribution in [3.05, 3.63) is 5.82 Å². The van der Waals surface area contributed by atoms with Crippen LogP contribution in [0.1, 0.15) is 32.0 Å². The van der Waals surface area contributed by atoms with E-state index < -0.39 is 0 Å². The Morgan fingerprint density at radius 3 is 3.17 bits per heavy atom. The molecule has 0 amide bonds. The van der Waals surface area contributed by atoms with E-state index in [1.807, 2.05) is 0 Å². The number of aliphatic hydroxyl groups excluding tert-OH is 1. The van der Waals surface area contributed by atoms with Gasteiger partial charge in [-0.1, -0.05) is 0 Å². The number of nitrogens with zero attached hydrogens (tertiary/aromatic N) is 3. The van der Waals surface area contributed by atoms with Gasteiger partial charge < -0.3 is 15.7 Å². The van der Waals surface area contributed by atoms with Crippen LogP contribution >= 0.6 is 0 Å². The minimum atomic E-state index is -0.296. The molecule has 1 aromatic rings. The number of hydrogen-bond donors (Lipinski definition) is 3. The summed E-state index contributed by atoms with van der Waals surface area (Å²) in [5, 5.41) is 16.4. The van der Waals surface area contributed by atoms with Crippen LogP contribution in [-0.4, -0.2) is 46.0 Å². The number of aromatic nitrogens is 3. The van der Waals surface area contributed by atoms with Crippen molar-refractivity contribution in [1.29, 1.82) is 0 Å². The van der Waals surface area contributed by atoms with Crippen LogP contribution in [0, 0.1) is 5.92 Å². The number of rotatable bonds is 5. The topological polar surface area (TPSA) is 91.1 Å². The van der Waals surface area contributed by atoms with Gasteiger partial charge in [0.15, 0.2) is 0 Å². The largest absolute Gasteiger partial charge is 0.393 e. The first-order chi connectivity index (χ1) is 8.69. The van der Waals surface area contributed by atoms with Crippen LogP contribution in [0.15, 0.2) is 0 Å². The average Bonchev–Trinajstić information content (AvgIpc) is 2.85. The highest BCUT2D eigenvalue weighted by atomic mass is 16.3. The molecular formula is C12H23N5O. The molecule has 6 nitrogen and oxygen atoms in total. The molecule has 0 aromatic carbocycles. The zero-order valence-corrected chi connectivity index (χ0v) is 11.0. The number of nitrogens with one attached hydrogen (secondary N) is 1. The van der Waals surface area contributed by atoms with Gasteiger partial charge >= 0.3 is 0 Å². The molecule has 0 saturated carbocycles. The maximum Gasteiger partial charge on any atom is 0.244 e. The molecule has 2 unspecified atom stereocenters. The first-order valence-corrected chi connectivity index (χ1v) is 6.73. The molecule has 6 heteroatoms. The van der Waals surface area contributed by atoms with Crippen molar-refractivity contribution < 1.29 is 5.11 Å². The van der Waals surface area contributed by atoms with Crippen molar-refractivity contribution in [3.8, 4) is 0 Å². The van der Waals surface area contributed by atoms with Gasteiger partial charge in [-0.15, -0.1) is 5.10 Å². The van der Waals surface area contributed by atoms with E-state index in [9.17, 15) is 5.11 Å². The normalized spacial score (nSPS) is 22.2. The van der Waals surface area contributed by atoms with Gasteiger partial charge in [0.25, 0.3) is 0 Å². The molecule has 1 aliphatic rings. The number of hydrogen-bond acceptors (Lipinski definition) is 5. The Balaban J connectivity index is 1.92. The van der Waals surface area contributed by atoms with Crippen LogP contribution in [0.2, 0.25) is 0 Å². The quantitative estimate of drug-likeness (QED) is 0.702. The lowest BCUT2D eigenvalue weighted by Crippen LogP contribution is -2.39. The summed E-state index contributed by atoms with van der Waals surface area (Å²) in [6, 6.07) is 0. The fourth-order valence-corrected chi connectivity index (χ4v) is 2.32. The van der Waals surface area contributed by atoms with Gasteiger partial charge in [-0.2, -0.15) is 4.98 Å². The maximum absolute atomic E-state index is 9.25. The van der Waals surface area contributed by atoms with Gasteiger partial charge in [0.05, 0.1) is 6.10 Å². The lowest BCUT2D eigenvalue weighted by atomic mass is 9.99. The van der Waals surface area contributed by atoms with Crippen molar-refractivity contribution in [2.75, 3.05) is 24.5 Å². The number of aliphatic hydroxyl groups is 1. The monoisotopic (exact) mass is 253 g/mol. The van der Waals surface area contributed by atoms with E-state index in [2.05, 4.69) is 20.1 Å². The first kappa shape index (κ1) is 13.3. The fourth-order valence-electron chi connectivity index (χ4n) is 2.32. The summed E-state index contributed by atoms with van der Waals surface area (Å²) in [4.78, 5) is 6.68. The minimum absolute atomic E-state index is 0.296. The van der Waals surface area contributed by atoms with Crippen molar-refractivity contribution >= 4 is 5.95 Å². The Morgan fingerprint density at radius 2 is 2.44 bits per heavy atom. The molecule has 0 spiro atoms. The summed E-state index contributed by atoms with van der Waals surface area (Å²) >= 11 is 0. The number of piperidine rings is 1. The third-order valence-electron chi connectivity index (χ3n) is 3.45. The Labute approximate surface area is 108 Å². The van der Waals surface area contributed by atoms with Gasteiger partial charge in [0, 0.05) is 19.5 Å². The fraction of sp³-hybridized carbons (Fsp3) is 0.833. The average molecular weight is 253 g/mol. The summed E-state index contributed by atoms with van der Waals surface area (Å²) in [7, 11) is 0. The van der Waals surface area contributed by atoms with E-state index in [-0.39, 0.29) is 6.10 Å². The molecule has 0 bridgehead atoms. The van der Waals surface area contributed by atoms with Gasteiger partial charge in [-0.25, -0.2) is 0 Å². The Bertz CT molecular complexity index is 365. The minimum Gasteiger partial charge on any atom is -0.393 e. The van der Waals surface area contributed by atoms with Crippen LogP contribution in [0.5, 0.6) is 0 Å². The second-order valence-electron chi connectivity index (χ2n) is 5.16. The zero-order chi connectivity index (χ0) is 13.0. The highest BCUT2D eigenvalue weighted by Crippen LogP contribution is 2.19. The van der Waals surface area contributed by atoms with E-state index in [0.29, 0.717) is 12.3 Å². The molecule has 2 heterocycles. The molecule has 1 fully saturated rings. The highest BCUT2D eigenvalue weighted by molar-refractivity contribution is 5.29. The molecule has 18 heavy (non-hydrogen) atoms. The van der Waals surface area contributed by atoms with E-state index >= 15 is 0 Å². The Morgan fingerprint density at radius 1 is 1.61 bits per heavy atom. The molecule has 102 valence electrons. The summed E-state index contributed by atoms with van der Waals surface area (Å²) in [6.07, 6.45) is 3.50. The Kier molecular flexibility index (Phi) is 4.54. The number of anilines is 1. The summed E-state index contributed by atoms with van der Waals surface area (Å²) in [5.74, 6) is 2.17. The second-order valence-corrected chi connectivity index (χ2v) is 5.16. The van der Waals surface area contributed by atoms with Crippen LogP contribution in [-0.2, 0) is 6.42 Å². The van der Waals surface area contributed by atoms with Gasteiger partial charge in [0.1, 0.15) is 5.82 Å². The molecule has 2 atom stereocenters. The van der Waals surface area contributed by atoms with E-state index in [4.69, 9.17) is 5.73 Å². The summed E-state index contributed by atoms with van der Waals surface area (Å²) < 4.78 is 0. The van der Waals surface area contributed by atoms with E-state index in [1.54, 1.807) is 6.92 Å². The number of nitrogens with two attached hydrogens (primary N) is 1. The van der Waals surface area contributed by atoms with Crippen molar-refractivity contribution in [2.24, 2.45) is 11.7 Å². The summed E-state index contributed by atoms with van der Waals surface area (Å²) in [6.45, 7) is 4.47. The Hall–Kier alpha value is -1.14. The van der Waals surface area contributed by atoms with Crippen LogP contribution < -0.4 is 10.6 Å². The molecule has 2 rings (SSSR count). The molecule has 1 saturated heterocycles. The lowest BCUT2D eigenvalue weighted by molar-refractivity contribution is 0.184. The SMILES string of the molecule is CC(O)CCc1nc(N2CCCC(CN)C2)n[nH]1. The number of H-pyrrole nitrogens is 1.